The molecule has 30 heavy (non-hydrogen) atoms. The lowest BCUT2D eigenvalue weighted by molar-refractivity contribution is -0.144. The topological polar surface area (TPSA) is 52.6 Å². The summed E-state index contributed by atoms with van der Waals surface area (Å²) in [6, 6.07) is 0. The molecule has 0 N–H and O–H groups in total. The van der Waals surface area contributed by atoms with Crippen molar-refractivity contribution in [2.45, 2.75) is 142 Å². The molecular weight excluding hydrogens is 376 g/mol. The Morgan fingerprint density at radius 1 is 0.433 bits per heavy atom. The van der Waals surface area contributed by atoms with E-state index in [2.05, 4.69) is 13.8 Å². The lowest BCUT2D eigenvalue weighted by atomic mass is 10.1. The lowest BCUT2D eigenvalue weighted by Gasteiger charge is -2.06. The van der Waals surface area contributed by atoms with E-state index in [4.69, 9.17) is 9.47 Å². The highest BCUT2D eigenvalue weighted by atomic mass is 16.5. The normalized spacial score (nSPS) is 10.9. The van der Waals surface area contributed by atoms with Gasteiger partial charge in [0.05, 0.1) is 13.2 Å². The number of ether oxygens (including phenoxy) is 2. The molecule has 0 radical (unpaired) electrons. The van der Waals surface area contributed by atoms with Crippen molar-refractivity contribution >= 4 is 11.9 Å². The highest BCUT2D eigenvalue weighted by Gasteiger charge is 2.04. The van der Waals surface area contributed by atoms with Crippen LogP contribution in [0, 0.1) is 0 Å². The Morgan fingerprint density at radius 2 is 0.733 bits per heavy atom. The first kappa shape index (κ1) is 28.9. The maximum absolute atomic E-state index is 11.7. The van der Waals surface area contributed by atoms with Crippen LogP contribution < -0.4 is 0 Å². The predicted molar refractivity (Wildman–Crippen MR) is 126 cm³/mol. The summed E-state index contributed by atoms with van der Waals surface area (Å²) in [7, 11) is 0. The Balaban J connectivity index is 3.22. The minimum Gasteiger partial charge on any atom is -0.466 e. The van der Waals surface area contributed by atoms with E-state index in [9.17, 15) is 9.59 Å². The second-order valence-electron chi connectivity index (χ2n) is 8.60. The van der Waals surface area contributed by atoms with Crippen molar-refractivity contribution in [3.8, 4) is 0 Å². The van der Waals surface area contributed by atoms with E-state index in [1.807, 2.05) is 0 Å². The van der Waals surface area contributed by atoms with Crippen molar-refractivity contribution in [3.63, 3.8) is 0 Å². The smallest absolute Gasteiger partial charge is 0.305 e. The summed E-state index contributed by atoms with van der Waals surface area (Å²) in [5.41, 5.74) is 0. The Bertz CT molecular complexity index is 381. The fourth-order valence-corrected chi connectivity index (χ4v) is 3.53. The first-order valence-electron chi connectivity index (χ1n) is 13.0. The molecule has 0 aliphatic carbocycles. The summed E-state index contributed by atoms with van der Waals surface area (Å²) in [6.45, 7) is 5.56. The quantitative estimate of drug-likeness (QED) is 0.123. The van der Waals surface area contributed by atoms with Gasteiger partial charge in [-0.05, 0) is 25.7 Å². The van der Waals surface area contributed by atoms with Crippen LogP contribution in [-0.4, -0.2) is 25.2 Å². The third-order valence-electron chi connectivity index (χ3n) is 5.53. The lowest BCUT2D eigenvalue weighted by Crippen LogP contribution is -2.05. The molecule has 0 spiro atoms. The van der Waals surface area contributed by atoms with E-state index < -0.39 is 0 Å². The average Bonchev–Trinajstić information content (AvgIpc) is 2.74. The zero-order valence-corrected chi connectivity index (χ0v) is 20.2. The summed E-state index contributed by atoms with van der Waals surface area (Å²) in [5, 5.41) is 0. The van der Waals surface area contributed by atoms with Gasteiger partial charge in [-0.15, -0.1) is 0 Å². The van der Waals surface area contributed by atoms with E-state index in [-0.39, 0.29) is 11.9 Å². The van der Waals surface area contributed by atoms with E-state index in [0.29, 0.717) is 26.1 Å². The number of unbranched alkanes of at least 4 members (excludes halogenated alkanes) is 15. The largest absolute Gasteiger partial charge is 0.466 e. The molecular formula is C26H50O4. The second kappa shape index (κ2) is 24.2. The molecule has 0 aliphatic rings. The molecule has 0 aromatic heterocycles. The van der Waals surface area contributed by atoms with Crippen LogP contribution in [0.3, 0.4) is 0 Å². The molecule has 0 amide bonds. The summed E-state index contributed by atoms with van der Waals surface area (Å²) in [6.07, 6.45) is 22.0. The zero-order valence-electron chi connectivity index (χ0n) is 20.2. The van der Waals surface area contributed by atoms with Gasteiger partial charge in [0.15, 0.2) is 0 Å². The van der Waals surface area contributed by atoms with Crippen molar-refractivity contribution in [3.05, 3.63) is 0 Å². The molecule has 0 saturated carbocycles. The maximum Gasteiger partial charge on any atom is 0.305 e. The Kier molecular flexibility index (Phi) is 23.4. The van der Waals surface area contributed by atoms with Crippen molar-refractivity contribution in [1.82, 2.24) is 0 Å². The van der Waals surface area contributed by atoms with Gasteiger partial charge in [0, 0.05) is 12.8 Å². The summed E-state index contributed by atoms with van der Waals surface area (Å²) in [4.78, 5) is 23.3. The van der Waals surface area contributed by atoms with Gasteiger partial charge >= 0.3 is 11.9 Å². The van der Waals surface area contributed by atoms with Crippen molar-refractivity contribution in [2.24, 2.45) is 0 Å². The van der Waals surface area contributed by atoms with Crippen molar-refractivity contribution in [1.29, 1.82) is 0 Å². The van der Waals surface area contributed by atoms with Gasteiger partial charge in [-0.2, -0.15) is 0 Å². The van der Waals surface area contributed by atoms with Crippen LogP contribution in [0.4, 0.5) is 0 Å². The summed E-state index contributed by atoms with van der Waals surface area (Å²) < 4.78 is 10.5. The Labute approximate surface area is 186 Å². The summed E-state index contributed by atoms with van der Waals surface area (Å²) in [5.74, 6) is -0.0625. The molecule has 0 atom stereocenters. The van der Waals surface area contributed by atoms with Crippen LogP contribution in [0.1, 0.15) is 142 Å². The molecule has 0 unspecified atom stereocenters. The Hall–Kier alpha value is -1.06. The molecule has 0 aliphatic heterocycles. The van der Waals surface area contributed by atoms with Crippen LogP contribution in [-0.2, 0) is 19.1 Å². The third kappa shape index (κ3) is 23.2. The fourth-order valence-electron chi connectivity index (χ4n) is 3.53. The van der Waals surface area contributed by atoms with E-state index >= 15 is 0 Å². The minimum atomic E-state index is -0.0371. The number of rotatable bonds is 23. The molecule has 4 nitrogen and oxygen atoms in total. The number of esters is 2. The molecule has 0 bridgehead atoms. The van der Waals surface area contributed by atoms with Crippen LogP contribution in [0.25, 0.3) is 0 Å². The number of carbonyl (C=O) groups excluding carboxylic acids is 2. The minimum absolute atomic E-state index is 0.0254. The van der Waals surface area contributed by atoms with E-state index in [1.54, 1.807) is 0 Å². The SMILES string of the molecule is CCCCCCCCCOC(=O)CCCCCCCCCCC(=O)OCCCCC. The van der Waals surface area contributed by atoms with Crippen molar-refractivity contribution < 1.29 is 19.1 Å². The van der Waals surface area contributed by atoms with Gasteiger partial charge in [0.25, 0.3) is 0 Å². The van der Waals surface area contributed by atoms with Gasteiger partial charge < -0.3 is 9.47 Å². The first-order valence-corrected chi connectivity index (χ1v) is 13.0. The highest BCUT2D eigenvalue weighted by molar-refractivity contribution is 5.69. The second-order valence-corrected chi connectivity index (χ2v) is 8.60. The van der Waals surface area contributed by atoms with Gasteiger partial charge in [0.1, 0.15) is 0 Å². The number of hydrogen-bond donors (Lipinski definition) is 0. The highest BCUT2D eigenvalue weighted by Crippen LogP contribution is 2.12. The van der Waals surface area contributed by atoms with Gasteiger partial charge in [0.2, 0.25) is 0 Å². The molecule has 0 aromatic carbocycles. The standard InChI is InChI=1S/C26H50O4/c1-3-5-7-8-13-16-20-24-30-26(28)22-18-15-12-10-9-11-14-17-21-25(27)29-23-19-6-4-2/h3-24H2,1-2H3. The van der Waals surface area contributed by atoms with Crippen molar-refractivity contribution in [2.75, 3.05) is 13.2 Å². The fraction of sp³-hybridized carbons (Fsp3) is 0.923. The van der Waals surface area contributed by atoms with Crippen LogP contribution in [0.5, 0.6) is 0 Å². The maximum atomic E-state index is 11.7. The molecule has 0 fully saturated rings. The number of hydrogen-bond acceptors (Lipinski definition) is 4. The molecule has 4 heteroatoms. The zero-order chi connectivity index (χ0) is 22.1. The van der Waals surface area contributed by atoms with Gasteiger partial charge in [-0.3, -0.25) is 9.59 Å². The molecule has 0 saturated heterocycles. The monoisotopic (exact) mass is 426 g/mol. The van der Waals surface area contributed by atoms with Gasteiger partial charge in [-0.1, -0.05) is 104 Å². The molecule has 0 aromatic rings. The average molecular weight is 427 g/mol. The summed E-state index contributed by atoms with van der Waals surface area (Å²) >= 11 is 0. The third-order valence-corrected chi connectivity index (χ3v) is 5.53. The van der Waals surface area contributed by atoms with E-state index in [0.717, 1.165) is 51.4 Å². The van der Waals surface area contributed by atoms with Crippen LogP contribution in [0.2, 0.25) is 0 Å². The van der Waals surface area contributed by atoms with Crippen LogP contribution in [0.15, 0.2) is 0 Å². The first-order chi connectivity index (χ1) is 14.7. The molecule has 178 valence electrons. The van der Waals surface area contributed by atoms with Gasteiger partial charge in [-0.25, -0.2) is 0 Å². The predicted octanol–water partition coefficient (Wildman–Crippen LogP) is 7.91. The van der Waals surface area contributed by atoms with Crippen LogP contribution >= 0.6 is 0 Å². The molecule has 0 rings (SSSR count). The molecule has 0 heterocycles. The Morgan fingerprint density at radius 3 is 1.17 bits per heavy atom. The number of carbonyl (C=O) groups is 2. The van der Waals surface area contributed by atoms with E-state index in [1.165, 1.54) is 64.2 Å².